The largest absolute Gasteiger partial charge is 0.507 e. The van der Waals surface area contributed by atoms with Crippen molar-refractivity contribution in [3.63, 3.8) is 0 Å². The Hall–Kier alpha value is -1.81. The molecule has 0 bridgehead atoms. The number of phenols is 1. The Kier molecular flexibility index (Phi) is 5.01. The van der Waals surface area contributed by atoms with E-state index in [1.54, 1.807) is 12.1 Å². The molecular weight excluding hydrogens is 290 g/mol. The number of phenolic OH excluding ortho intramolecular Hbond substituents is 1. The summed E-state index contributed by atoms with van der Waals surface area (Å²) in [7, 11) is 0. The van der Waals surface area contributed by atoms with Crippen molar-refractivity contribution in [1.29, 1.82) is 0 Å². The number of hydrogen-bond acceptors (Lipinski definition) is 4. The molecule has 1 heterocycles. The summed E-state index contributed by atoms with van der Waals surface area (Å²) >= 11 is 0. The van der Waals surface area contributed by atoms with Crippen molar-refractivity contribution in [1.82, 2.24) is 5.32 Å². The first kappa shape index (κ1) is 16.1. The lowest BCUT2D eigenvalue weighted by atomic mass is 9.87. The Morgan fingerprint density at radius 3 is 2.83 bits per heavy atom. The van der Waals surface area contributed by atoms with Gasteiger partial charge in [0, 0.05) is 18.0 Å². The van der Waals surface area contributed by atoms with Gasteiger partial charge in [0.25, 0.3) is 0 Å². The molecule has 0 saturated heterocycles. The molecule has 0 radical (unpaired) electrons. The Morgan fingerprint density at radius 1 is 1.26 bits per heavy atom. The molecule has 4 heteroatoms. The van der Waals surface area contributed by atoms with Crippen molar-refractivity contribution >= 4 is 11.0 Å². The van der Waals surface area contributed by atoms with Crippen LogP contribution in [0.2, 0.25) is 0 Å². The van der Waals surface area contributed by atoms with E-state index in [2.05, 4.69) is 5.32 Å². The third-order valence-corrected chi connectivity index (χ3v) is 4.95. The summed E-state index contributed by atoms with van der Waals surface area (Å²) in [5.41, 5.74) is 1.68. The van der Waals surface area contributed by atoms with Crippen molar-refractivity contribution in [3.05, 3.63) is 39.7 Å². The van der Waals surface area contributed by atoms with Crippen molar-refractivity contribution in [2.24, 2.45) is 5.92 Å². The van der Waals surface area contributed by atoms with E-state index in [9.17, 15) is 9.90 Å². The minimum absolute atomic E-state index is 0.177. The van der Waals surface area contributed by atoms with Crippen LogP contribution in [-0.2, 0) is 6.54 Å². The molecule has 0 atom stereocenters. The number of hydrogen-bond donors (Lipinski definition) is 2. The van der Waals surface area contributed by atoms with Crippen LogP contribution in [0.1, 0.15) is 49.7 Å². The normalized spacial score (nSPS) is 16.0. The predicted octanol–water partition coefficient (Wildman–Crippen LogP) is 3.87. The van der Waals surface area contributed by atoms with Gasteiger partial charge in [0.15, 0.2) is 0 Å². The lowest BCUT2D eigenvalue weighted by Crippen LogP contribution is -2.19. The lowest BCUT2D eigenvalue weighted by molar-refractivity contribution is 0.333. The van der Waals surface area contributed by atoms with Crippen molar-refractivity contribution in [2.45, 2.75) is 52.0 Å². The van der Waals surface area contributed by atoms with Gasteiger partial charge in [-0.1, -0.05) is 32.1 Å². The van der Waals surface area contributed by atoms with Gasteiger partial charge in [-0.3, -0.25) is 0 Å². The van der Waals surface area contributed by atoms with E-state index in [1.165, 1.54) is 44.6 Å². The number of aryl methyl sites for hydroxylation is 1. The second kappa shape index (κ2) is 7.18. The molecule has 124 valence electrons. The van der Waals surface area contributed by atoms with Crippen LogP contribution in [-0.4, -0.2) is 11.7 Å². The molecule has 4 nitrogen and oxygen atoms in total. The topological polar surface area (TPSA) is 62.5 Å². The number of benzene rings is 1. The highest BCUT2D eigenvalue weighted by Gasteiger charge is 2.14. The SMILES string of the molecule is Cc1cc(=O)oc2c(CNCCC3CCCCC3)c(O)ccc12. The fraction of sp³-hybridized carbons (Fsp3) is 0.526. The molecular formula is C19H25NO3. The van der Waals surface area contributed by atoms with Crippen LogP contribution < -0.4 is 10.9 Å². The van der Waals surface area contributed by atoms with Crippen molar-refractivity contribution in [3.8, 4) is 5.75 Å². The molecule has 0 spiro atoms. The molecule has 1 saturated carbocycles. The fourth-order valence-electron chi connectivity index (χ4n) is 3.60. The minimum Gasteiger partial charge on any atom is -0.507 e. The van der Waals surface area contributed by atoms with Gasteiger partial charge in [-0.2, -0.15) is 0 Å². The monoisotopic (exact) mass is 315 g/mol. The molecule has 1 aromatic carbocycles. The summed E-state index contributed by atoms with van der Waals surface area (Å²) in [6.45, 7) is 3.33. The zero-order chi connectivity index (χ0) is 16.2. The Balaban J connectivity index is 1.69. The van der Waals surface area contributed by atoms with Crippen LogP contribution >= 0.6 is 0 Å². The van der Waals surface area contributed by atoms with Gasteiger partial charge >= 0.3 is 5.63 Å². The molecule has 0 aliphatic heterocycles. The zero-order valence-electron chi connectivity index (χ0n) is 13.7. The van der Waals surface area contributed by atoms with E-state index in [0.29, 0.717) is 17.7 Å². The number of aromatic hydroxyl groups is 1. The molecule has 1 aliphatic rings. The van der Waals surface area contributed by atoms with E-state index >= 15 is 0 Å². The summed E-state index contributed by atoms with van der Waals surface area (Å²) < 4.78 is 5.35. The van der Waals surface area contributed by atoms with Gasteiger partial charge in [0.2, 0.25) is 0 Å². The first-order valence-corrected chi connectivity index (χ1v) is 8.61. The average molecular weight is 315 g/mol. The van der Waals surface area contributed by atoms with Crippen LogP contribution in [0.4, 0.5) is 0 Å². The van der Waals surface area contributed by atoms with Gasteiger partial charge < -0.3 is 14.8 Å². The highest BCUT2D eigenvalue weighted by molar-refractivity contribution is 5.84. The van der Waals surface area contributed by atoms with Crippen LogP contribution in [0.15, 0.2) is 27.4 Å². The lowest BCUT2D eigenvalue weighted by Gasteiger charge is -2.21. The molecule has 1 aliphatic carbocycles. The maximum absolute atomic E-state index is 11.6. The standard InChI is InChI=1S/C19H25NO3/c1-13-11-18(22)23-19-15(13)7-8-17(21)16(19)12-20-10-9-14-5-3-2-4-6-14/h7-8,11,14,20-21H,2-6,9-10,12H2,1H3. The van der Waals surface area contributed by atoms with Crippen LogP contribution in [0.3, 0.4) is 0 Å². The minimum atomic E-state index is -0.371. The molecule has 1 fully saturated rings. The molecule has 23 heavy (non-hydrogen) atoms. The smallest absolute Gasteiger partial charge is 0.336 e. The first-order valence-electron chi connectivity index (χ1n) is 8.61. The van der Waals surface area contributed by atoms with E-state index in [-0.39, 0.29) is 11.4 Å². The summed E-state index contributed by atoms with van der Waals surface area (Å²) in [5, 5.41) is 14.4. The summed E-state index contributed by atoms with van der Waals surface area (Å²) in [5.74, 6) is 1.01. The maximum atomic E-state index is 11.6. The first-order chi connectivity index (χ1) is 11.1. The molecule has 0 unspecified atom stereocenters. The summed E-state index contributed by atoms with van der Waals surface area (Å²) in [4.78, 5) is 11.6. The van der Waals surface area contributed by atoms with Gasteiger partial charge in [-0.25, -0.2) is 4.79 Å². The fourth-order valence-corrected chi connectivity index (χ4v) is 3.60. The molecule has 3 rings (SSSR count). The number of rotatable bonds is 5. The zero-order valence-corrected chi connectivity index (χ0v) is 13.7. The third-order valence-electron chi connectivity index (χ3n) is 4.95. The number of nitrogens with one attached hydrogen (secondary N) is 1. The van der Waals surface area contributed by atoms with E-state index in [1.807, 2.05) is 6.92 Å². The van der Waals surface area contributed by atoms with E-state index in [4.69, 9.17) is 4.42 Å². The van der Waals surface area contributed by atoms with Crippen LogP contribution in [0, 0.1) is 12.8 Å². The summed E-state index contributed by atoms with van der Waals surface area (Å²) in [6, 6.07) is 4.96. The summed E-state index contributed by atoms with van der Waals surface area (Å²) in [6.07, 6.45) is 7.96. The van der Waals surface area contributed by atoms with Gasteiger partial charge in [-0.05, 0) is 43.5 Å². The predicted molar refractivity (Wildman–Crippen MR) is 91.8 cm³/mol. The highest BCUT2D eigenvalue weighted by atomic mass is 16.4. The third kappa shape index (κ3) is 3.75. The maximum Gasteiger partial charge on any atom is 0.336 e. The van der Waals surface area contributed by atoms with Crippen molar-refractivity contribution < 1.29 is 9.52 Å². The molecule has 2 aromatic rings. The van der Waals surface area contributed by atoms with E-state index < -0.39 is 0 Å². The van der Waals surface area contributed by atoms with Crippen LogP contribution in [0.5, 0.6) is 5.75 Å². The highest BCUT2D eigenvalue weighted by Crippen LogP contribution is 2.28. The number of fused-ring (bicyclic) bond motifs is 1. The Labute approximate surface area is 136 Å². The Bertz CT molecular complexity index is 729. The van der Waals surface area contributed by atoms with Gasteiger partial charge in [0.1, 0.15) is 11.3 Å². The quantitative estimate of drug-likeness (QED) is 0.649. The second-order valence-corrected chi connectivity index (χ2v) is 6.66. The molecule has 1 aromatic heterocycles. The second-order valence-electron chi connectivity index (χ2n) is 6.66. The van der Waals surface area contributed by atoms with Crippen molar-refractivity contribution in [2.75, 3.05) is 6.54 Å². The van der Waals surface area contributed by atoms with Gasteiger partial charge in [0.05, 0.1) is 5.56 Å². The molecule has 0 amide bonds. The Morgan fingerprint density at radius 2 is 2.04 bits per heavy atom. The van der Waals surface area contributed by atoms with E-state index in [0.717, 1.165) is 23.4 Å². The molecule has 2 N–H and O–H groups in total. The average Bonchev–Trinajstić information content (AvgIpc) is 2.54. The van der Waals surface area contributed by atoms with Gasteiger partial charge in [-0.15, -0.1) is 0 Å². The van der Waals surface area contributed by atoms with Crippen LogP contribution in [0.25, 0.3) is 11.0 Å².